The Morgan fingerprint density at radius 1 is 1.33 bits per heavy atom. The number of aromatic nitrogens is 4. The molecule has 3 heterocycles. The number of fused-ring (bicyclic) bond motifs is 1. The number of H-pyrrole nitrogens is 2. The number of hydrogen-bond donors (Lipinski definition) is 2. The van der Waals surface area contributed by atoms with E-state index in [0.29, 0.717) is 5.92 Å². The first-order chi connectivity index (χ1) is 11.7. The van der Waals surface area contributed by atoms with Crippen molar-refractivity contribution >= 4 is 22.6 Å². The number of aromatic amines is 2. The third-order valence-electron chi connectivity index (χ3n) is 4.84. The number of benzene rings is 1. The van der Waals surface area contributed by atoms with E-state index in [9.17, 15) is 0 Å². The second-order valence-corrected chi connectivity index (χ2v) is 7.14. The van der Waals surface area contributed by atoms with Gasteiger partial charge in [0, 0.05) is 19.5 Å². The summed E-state index contributed by atoms with van der Waals surface area (Å²) in [5.74, 6) is 1.72. The molecule has 0 saturated carbocycles. The molecule has 0 amide bonds. The van der Waals surface area contributed by atoms with E-state index in [1.54, 1.807) is 0 Å². The topological polar surface area (TPSA) is 60.6 Å². The number of imidazole rings is 1. The van der Waals surface area contributed by atoms with Gasteiger partial charge in [-0.05, 0) is 44.4 Å². The minimum atomic E-state index is 0.623. The summed E-state index contributed by atoms with van der Waals surface area (Å²) >= 11 is 6.30. The zero-order chi connectivity index (χ0) is 16.5. The first-order valence-corrected chi connectivity index (χ1v) is 8.92. The lowest BCUT2D eigenvalue weighted by Crippen LogP contribution is -2.36. The van der Waals surface area contributed by atoms with Gasteiger partial charge in [-0.2, -0.15) is 5.10 Å². The molecule has 126 valence electrons. The summed E-state index contributed by atoms with van der Waals surface area (Å²) in [5, 5.41) is 8.07. The molecule has 2 aromatic heterocycles. The zero-order valence-corrected chi connectivity index (χ0v) is 14.6. The highest BCUT2D eigenvalue weighted by molar-refractivity contribution is 6.31. The molecule has 5 nitrogen and oxygen atoms in total. The normalized spacial score (nSPS) is 19.2. The largest absolute Gasteiger partial charge is 0.342 e. The number of rotatable bonds is 4. The molecular weight excluding hydrogens is 322 g/mol. The molecule has 0 aliphatic carbocycles. The first-order valence-electron chi connectivity index (χ1n) is 8.54. The monoisotopic (exact) mass is 343 g/mol. The van der Waals surface area contributed by atoms with Crippen molar-refractivity contribution < 1.29 is 0 Å². The number of aryl methyl sites for hydroxylation is 1. The Labute approximate surface area is 146 Å². The number of hydrogen-bond acceptors (Lipinski definition) is 3. The number of halogens is 1. The summed E-state index contributed by atoms with van der Waals surface area (Å²) < 4.78 is 0. The summed E-state index contributed by atoms with van der Waals surface area (Å²) in [5.41, 5.74) is 4.08. The SMILES string of the molecule is Cc1[nH]nc(CN2CCCC(Cc3nc4ccccc4[nH]3)C2)c1Cl. The lowest BCUT2D eigenvalue weighted by atomic mass is 9.94. The maximum atomic E-state index is 6.30. The molecule has 1 unspecified atom stereocenters. The van der Waals surface area contributed by atoms with Crippen LogP contribution >= 0.6 is 11.6 Å². The van der Waals surface area contributed by atoms with E-state index in [-0.39, 0.29) is 0 Å². The van der Waals surface area contributed by atoms with E-state index in [4.69, 9.17) is 16.6 Å². The van der Waals surface area contributed by atoms with Crippen LogP contribution in [0.5, 0.6) is 0 Å². The molecule has 24 heavy (non-hydrogen) atoms. The van der Waals surface area contributed by atoms with Crippen molar-refractivity contribution in [1.82, 2.24) is 25.1 Å². The average Bonchev–Trinajstić information content (AvgIpc) is 3.13. The summed E-state index contributed by atoms with van der Waals surface area (Å²) in [6.45, 7) is 4.96. The van der Waals surface area contributed by atoms with Crippen LogP contribution in [0.3, 0.4) is 0 Å². The Bertz CT molecular complexity index is 804. The van der Waals surface area contributed by atoms with Crippen molar-refractivity contribution in [3.05, 3.63) is 46.5 Å². The zero-order valence-electron chi connectivity index (χ0n) is 13.8. The fourth-order valence-corrected chi connectivity index (χ4v) is 3.76. The smallest absolute Gasteiger partial charge is 0.107 e. The van der Waals surface area contributed by atoms with E-state index in [1.165, 1.54) is 12.8 Å². The quantitative estimate of drug-likeness (QED) is 0.759. The van der Waals surface area contributed by atoms with Gasteiger partial charge in [0.2, 0.25) is 0 Å². The van der Waals surface area contributed by atoms with Crippen molar-refractivity contribution in [3.63, 3.8) is 0 Å². The average molecular weight is 344 g/mol. The minimum Gasteiger partial charge on any atom is -0.342 e. The number of nitrogens with zero attached hydrogens (tertiary/aromatic N) is 3. The van der Waals surface area contributed by atoms with Crippen LogP contribution in [0.25, 0.3) is 11.0 Å². The molecule has 4 rings (SSSR count). The van der Waals surface area contributed by atoms with Crippen LogP contribution in [0.1, 0.15) is 30.1 Å². The molecule has 0 radical (unpaired) electrons. The standard InChI is InChI=1S/C18H22ClN5/c1-12-18(19)16(23-22-12)11-24-8-4-5-13(10-24)9-17-20-14-6-2-3-7-15(14)21-17/h2-3,6-7,13H,4-5,8-11H2,1H3,(H,20,21)(H,22,23). The lowest BCUT2D eigenvalue weighted by molar-refractivity contribution is 0.164. The van der Waals surface area contributed by atoms with Gasteiger partial charge in [-0.3, -0.25) is 10.00 Å². The summed E-state index contributed by atoms with van der Waals surface area (Å²) in [6.07, 6.45) is 3.46. The predicted molar refractivity (Wildman–Crippen MR) is 96.1 cm³/mol. The fraction of sp³-hybridized carbons (Fsp3) is 0.444. The van der Waals surface area contributed by atoms with Crippen LogP contribution in [0, 0.1) is 12.8 Å². The third kappa shape index (κ3) is 3.19. The van der Waals surface area contributed by atoms with Crippen molar-refractivity contribution in [1.29, 1.82) is 0 Å². The first kappa shape index (κ1) is 15.7. The lowest BCUT2D eigenvalue weighted by Gasteiger charge is -2.31. The molecule has 1 fully saturated rings. The molecule has 1 saturated heterocycles. The molecule has 3 aromatic rings. The Balaban J connectivity index is 1.42. The van der Waals surface area contributed by atoms with E-state index in [0.717, 1.165) is 59.3 Å². The van der Waals surface area contributed by atoms with Gasteiger partial charge in [0.25, 0.3) is 0 Å². The van der Waals surface area contributed by atoms with Crippen LogP contribution in [0.15, 0.2) is 24.3 Å². The van der Waals surface area contributed by atoms with Gasteiger partial charge in [-0.15, -0.1) is 0 Å². The molecule has 0 spiro atoms. The Hall–Kier alpha value is -1.85. The highest BCUT2D eigenvalue weighted by atomic mass is 35.5. The van der Waals surface area contributed by atoms with E-state index in [2.05, 4.69) is 32.2 Å². The summed E-state index contributed by atoms with van der Waals surface area (Å²) in [6, 6.07) is 8.22. The number of nitrogens with one attached hydrogen (secondary N) is 2. The van der Waals surface area contributed by atoms with Crippen LogP contribution < -0.4 is 0 Å². The Morgan fingerprint density at radius 2 is 2.21 bits per heavy atom. The van der Waals surface area contributed by atoms with Gasteiger partial charge < -0.3 is 4.98 Å². The van der Waals surface area contributed by atoms with Crippen molar-refractivity contribution in [2.24, 2.45) is 5.92 Å². The second kappa shape index (κ2) is 6.57. The van der Waals surface area contributed by atoms with Gasteiger partial charge in [-0.25, -0.2) is 4.98 Å². The highest BCUT2D eigenvalue weighted by Gasteiger charge is 2.23. The van der Waals surface area contributed by atoms with Gasteiger partial charge in [0.1, 0.15) is 5.82 Å². The van der Waals surface area contributed by atoms with Crippen LogP contribution in [0.2, 0.25) is 5.02 Å². The van der Waals surface area contributed by atoms with Crippen molar-refractivity contribution in [3.8, 4) is 0 Å². The van der Waals surface area contributed by atoms with Gasteiger partial charge in [0.05, 0.1) is 27.4 Å². The van der Waals surface area contributed by atoms with Gasteiger partial charge in [-0.1, -0.05) is 23.7 Å². The Kier molecular flexibility index (Phi) is 4.29. The molecule has 1 aliphatic rings. The van der Waals surface area contributed by atoms with Gasteiger partial charge >= 0.3 is 0 Å². The maximum absolute atomic E-state index is 6.30. The summed E-state index contributed by atoms with van der Waals surface area (Å²) in [4.78, 5) is 10.6. The highest BCUT2D eigenvalue weighted by Crippen LogP contribution is 2.24. The molecule has 0 bridgehead atoms. The summed E-state index contributed by atoms with van der Waals surface area (Å²) in [7, 11) is 0. The van der Waals surface area contributed by atoms with Crippen molar-refractivity contribution in [2.75, 3.05) is 13.1 Å². The number of likely N-dealkylation sites (tertiary alicyclic amines) is 1. The molecule has 2 N–H and O–H groups in total. The predicted octanol–water partition coefficient (Wildman–Crippen LogP) is 3.70. The van der Waals surface area contributed by atoms with Gasteiger partial charge in [0.15, 0.2) is 0 Å². The third-order valence-corrected chi connectivity index (χ3v) is 5.34. The molecule has 1 aromatic carbocycles. The second-order valence-electron chi connectivity index (χ2n) is 6.76. The molecule has 6 heteroatoms. The van der Waals surface area contributed by atoms with Crippen LogP contribution in [-0.4, -0.2) is 38.2 Å². The van der Waals surface area contributed by atoms with E-state index < -0.39 is 0 Å². The maximum Gasteiger partial charge on any atom is 0.107 e. The minimum absolute atomic E-state index is 0.623. The Morgan fingerprint density at radius 3 is 3.00 bits per heavy atom. The van der Waals surface area contributed by atoms with E-state index >= 15 is 0 Å². The van der Waals surface area contributed by atoms with Crippen molar-refractivity contribution in [2.45, 2.75) is 32.7 Å². The number of para-hydroxylation sites is 2. The molecular formula is C18H22ClN5. The van der Waals surface area contributed by atoms with Crippen LogP contribution in [-0.2, 0) is 13.0 Å². The molecule has 1 atom stereocenters. The van der Waals surface area contributed by atoms with Crippen LogP contribution in [0.4, 0.5) is 0 Å². The molecule has 1 aliphatic heterocycles. The fourth-order valence-electron chi connectivity index (χ4n) is 3.62. The van der Waals surface area contributed by atoms with E-state index in [1.807, 2.05) is 19.1 Å². The number of piperidine rings is 1.